The minimum absolute atomic E-state index is 0.128. The molecular weight excluding hydrogens is 597 g/mol. The van der Waals surface area contributed by atoms with Crippen LogP contribution in [0.4, 0.5) is 0 Å². The number of carbonyl (C=O) groups excluding carboxylic acids is 3. The molecule has 7 nitrogen and oxygen atoms in total. The van der Waals surface area contributed by atoms with Gasteiger partial charge in [0.15, 0.2) is 11.6 Å². The van der Waals surface area contributed by atoms with Crippen LogP contribution in [0.3, 0.4) is 0 Å². The molecule has 1 heterocycles. The van der Waals surface area contributed by atoms with Crippen LogP contribution in [-0.2, 0) is 24.7 Å². The first-order valence-corrected chi connectivity index (χ1v) is 15.6. The number of hydrogen-bond donors (Lipinski definition) is 0. The molecule has 5 unspecified atom stereocenters. The Morgan fingerprint density at radius 3 is 1.98 bits per heavy atom. The van der Waals surface area contributed by atoms with Crippen molar-refractivity contribution in [3.05, 3.63) is 120 Å². The highest BCUT2D eigenvalue weighted by atomic mass is 35.5. The third-order valence-electron chi connectivity index (χ3n) is 8.58. The van der Waals surface area contributed by atoms with Gasteiger partial charge in [-0.05, 0) is 24.8 Å². The number of ether oxygens (including phenoxy) is 1. The molecule has 3 aromatic carbocycles. The Hall–Kier alpha value is -4.12. The minimum atomic E-state index is -1.38. The van der Waals surface area contributed by atoms with Crippen LogP contribution in [0, 0.1) is 17.2 Å². The molecule has 0 N–H and O–H groups in total. The Labute approximate surface area is 267 Å². The molecule has 1 saturated carbocycles. The molecule has 5 rings (SSSR count). The molecule has 1 saturated heterocycles. The summed E-state index contributed by atoms with van der Waals surface area (Å²) in [6, 6.07) is 27.8. The van der Waals surface area contributed by atoms with Gasteiger partial charge in [0.25, 0.3) is 5.91 Å². The van der Waals surface area contributed by atoms with Gasteiger partial charge in [-0.2, -0.15) is 5.26 Å². The summed E-state index contributed by atoms with van der Waals surface area (Å²) in [5.74, 6) is -1.59. The molecule has 0 bridgehead atoms. The zero-order chi connectivity index (χ0) is 31.3. The van der Waals surface area contributed by atoms with E-state index in [9.17, 15) is 19.6 Å². The Morgan fingerprint density at radius 2 is 1.55 bits per heavy atom. The number of likely N-dealkylation sites (tertiary alicyclic amines) is 1. The number of amides is 2. The fourth-order valence-corrected chi connectivity index (χ4v) is 6.98. The highest BCUT2D eigenvalue weighted by Gasteiger charge is 2.57. The van der Waals surface area contributed by atoms with Gasteiger partial charge in [-0.1, -0.05) is 116 Å². The Balaban J connectivity index is 1.52. The van der Waals surface area contributed by atoms with Crippen molar-refractivity contribution in [1.29, 1.82) is 5.26 Å². The number of β-lactam (4-membered cyclic amide) rings is 1. The maximum absolute atomic E-state index is 14.4. The number of hydrogen-bond acceptors (Lipinski definition) is 5. The molecule has 2 aliphatic rings. The molecule has 9 heteroatoms. The van der Waals surface area contributed by atoms with Crippen molar-refractivity contribution in [3.8, 4) is 6.07 Å². The van der Waals surface area contributed by atoms with Crippen LogP contribution < -0.4 is 0 Å². The number of nitriles is 1. The van der Waals surface area contributed by atoms with Crippen LogP contribution in [0.1, 0.15) is 42.4 Å². The number of rotatable bonds is 11. The lowest BCUT2D eigenvalue weighted by Crippen LogP contribution is -2.73. The van der Waals surface area contributed by atoms with E-state index in [-0.39, 0.29) is 23.4 Å². The molecule has 3 aromatic rings. The molecular formula is C35H33Cl2N3O4. The maximum atomic E-state index is 14.4. The lowest BCUT2D eigenvalue weighted by Gasteiger charge is -2.52. The summed E-state index contributed by atoms with van der Waals surface area (Å²) in [5, 5.41) is 9.45. The molecule has 1 aliphatic carbocycles. The topological polar surface area (TPSA) is 90.7 Å². The zero-order valence-electron chi connectivity index (χ0n) is 24.1. The van der Waals surface area contributed by atoms with Crippen molar-refractivity contribution in [2.45, 2.75) is 54.9 Å². The molecule has 226 valence electrons. The second kappa shape index (κ2) is 13.7. The number of nitrogens with zero attached hydrogens (tertiary/aromatic N) is 3. The van der Waals surface area contributed by atoms with Gasteiger partial charge in [-0.25, -0.2) is 4.79 Å². The smallest absolute Gasteiger partial charge is 0.334 e. The van der Waals surface area contributed by atoms with Gasteiger partial charge in [0.1, 0.15) is 11.5 Å². The second-order valence-electron chi connectivity index (χ2n) is 11.2. The highest BCUT2D eigenvalue weighted by molar-refractivity contribution is 6.27. The number of benzene rings is 3. The Morgan fingerprint density at radius 1 is 1.02 bits per heavy atom. The quantitative estimate of drug-likeness (QED) is 0.0493. The lowest BCUT2D eigenvalue weighted by molar-refractivity contribution is -0.174. The second-order valence-corrected chi connectivity index (χ2v) is 11.9. The third kappa shape index (κ3) is 5.72. The summed E-state index contributed by atoms with van der Waals surface area (Å²) >= 11 is 13.1. The molecule has 0 aromatic heterocycles. The van der Waals surface area contributed by atoms with Crippen LogP contribution in [0.25, 0.3) is 0 Å². The third-order valence-corrected chi connectivity index (χ3v) is 9.37. The standard InChI is InChI=1S/C35H33Cl2N3O4/c1-24(21-36)30(40-32(37)31(33(40)42)39(23-41)29-19-11-12-25(20-29)22-38)34(43)44-35(26-13-5-2-6-14-26,27-15-7-3-8-16-27)28-17-9-4-10-18-28/h2-10,13-18,23,25,29-32H,1,11-12,19-21H2. The summed E-state index contributed by atoms with van der Waals surface area (Å²) < 4.78 is 6.57. The van der Waals surface area contributed by atoms with Gasteiger partial charge >= 0.3 is 5.97 Å². The van der Waals surface area contributed by atoms with Crippen LogP contribution >= 0.6 is 23.2 Å². The van der Waals surface area contributed by atoms with Crippen LogP contribution in [-0.4, -0.2) is 57.6 Å². The van der Waals surface area contributed by atoms with Crippen molar-refractivity contribution in [3.63, 3.8) is 0 Å². The highest BCUT2D eigenvalue weighted by Crippen LogP contribution is 2.43. The van der Waals surface area contributed by atoms with E-state index in [2.05, 4.69) is 12.6 Å². The number of carbonyl (C=O) groups is 3. The van der Waals surface area contributed by atoms with Crippen LogP contribution in [0.2, 0.25) is 0 Å². The molecule has 0 radical (unpaired) electrons. The minimum Gasteiger partial charge on any atom is -0.442 e. The van der Waals surface area contributed by atoms with Crippen LogP contribution in [0.15, 0.2) is 103 Å². The molecule has 0 spiro atoms. The average molecular weight is 631 g/mol. The van der Waals surface area contributed by atoms with E-state index >= 15 is 0 Å². The van der Waals surface area contributed by atoms with Crippen molar-refractivity contribution >= 4 is 41.5 Å². The predicted octanol–water partition coefficient (Wildman–Crippen LogP) is 6.00. The Kier molecular flexibility index (Phi) is 9.73. The van der Waals surface area contributed by atoms with Gasteiger partial charge in [0, 0.05) is 34.5 Å². The van der Waals surface area contributed by atoms with Crippen LogP contribution in [0.5, 0.6) is 0 Å². The SMILES string of the molecule is C=C(CCl)C(C(=O)OC(c1ccccc1)(c1ccccc1)c1ccccc1)N1C(=O)C(N(C=O)C2CCCC(C#N)C2)C1Cl. The fraction of sp³-hybridized carbons (Fsp3) is 0.314. The molecule has 2 fully saturated rings. The largest absolute Gasteiger partial charge is 0.442 e. The summed E-state index contributed by atoms with van der Waals surface area (Å²) in [6.45, 7) is 4.01. The van der Waals surface area contributed by atoms with Crippen molar-refractivity contribution < 1.29 is 19.1 Å². The average Bonchev–Trinajstić information content (AvgIpc) is 3.09. The van der Waals surface area contributed by atoms with Gasteiger partial charge in [0.2, 0.25) is 6.41 Å². The first-order chi connectivity index (χ1) is 21.4. The van der Waals surface area contributed by atoms with Crippen molar-refractivity contribution in [2.75, 3.05) is 5.88 Å². The molecule has 2 amide bonds. The van der Waals surface area contributed by atoms with E-state index in [1.54, 1.807) is 0 Å². The van der Waals surface area contributed by atoms with Gasteiger partial charge in [-0.15, -0.1) is 11.6 Å². The summed E-state index contributed by atoms with van der Waals surface area (Å²) in [7, 11) is 0. The number of alkyl halides is 2. The van der Waals surface area contributed by atoms with E-state index in [1.807, 2.05) is 91.0 Å². The van der Waals surface area contributed by atoms with E-state index in [4.69, 9.17) is 27.9 Å². The van der Waals surface area contributed by atoms with E-state index in [0.717, 1.165) is 12.8 Å². The van der Waals surface area contributed by atoms with E-state index in [1.165, 1.54) is 9.80 Å². The summed E-state index contributed by atoms with van der Waals surface area (Å²) in [5.41, 5.74) is -0.0817. The molecule has 44 heavy (non-hydrogen) atoms. The molecule has 5 atom stereocenters. The normalized spacial score (nSPS) is 22.2. The first kappa shape index (κ1) is 31.3. The van der Waals surface area contributed by atoms with E-state index in [0.29, 0.717) is 35.9 Å². The monoisotopic (exact) mass is 629 g/mol. The lowest BCUT2D eigenvalue weighted by atomic mass is 9.80. The van der Waals surface area contributed by atoms with Gasteiger partial charge in [0.05, 0.1) is 6.07 Å². The fourth-order valence-electron chi connectivity index (χ4n) is 6.38. The van der Waals surface area contributed by atoms with Crippen molar-refractivity contribution in [2.24, 2.45) is 5.92 Å². The predicted molar refractivity (Wildman–Crippen MR) is 168 cm³/mol. The van der Waals surface area contributed by atoms with Gasteiger partial charge < -0.3 is 14.5 Å². The first-order valence-electron chi connectivity index (χ1n) is 14.6. The zero-order valence-corrected chi connectivity index (χ0v) is 25.6. The summed E-state index contributed by atoms with van der Waals surface area (Å²) in [6.07, 6.45) is 3.27. The summed E-state index contributed by atoms with van der Waals surface area (Å²) in [4.78, 5) is 43.1. The van der Waals surface area contributed by atoms with Crippen molar-refractivity contribution in [1.82, 2.24) is 9.80 Å². The number of esters is 1. The van der Waals surface area contributed by atoms with E-state index < -0.39 is 35.1 Å². The number of halogens is 2. The van der Waals surface area contributed by atoms with Gasteiger partial charge in [-0.3, -0.25) is 9.59 Å². The molecule has 1 aliphatic heterocycles. The maximum Gasteiger partial charge on any atom is 0.334 e. The Bertz CT molecular complexity index is 1430.